The highest BCUT2D eigenvalue weighted by molar-refractivity contribution is 5.94. The van der Waals surface area contributed by atoms with Gasteiger partial charge in [-0.3, -0.25) is 19.1 Å². The topological polar surface area (TPSA) is 80.1 Å². The van der Waals surface area contributed by atoms with E-state index < -0.39 is 11.6 Å². The first kappa shape index (κ1) is 20.3. The number of carbonyl (C=O) groups excluding carboxylic acids is 1. The van der Waals surface area contributed by atoms with E-state index in [1.165, 1.54) is 35.0 Å². The standard InChI is InChI=1S/C23H21F2N5O2/c1-29-21(31)8-20(13-6-7-26-10-19(13)25)28-23(29)27-9-15-16-11-30(12-17(15)16)22(32)14-4-2-3-5-18(14)24/h2-8,10,15-17H,9,11-12H2,1H3,(H,27,28). The molecule has 3 heterocycles. The lowest BCUT2D eigenvalue weighted by molar-refractivity contribution is 0.0764. The molecule has 1 aromatic carbocycles. The number of pyridine rings is 1. The SMILES string of the molecule is Cn1c(NCC2C3CN(C(=O)c4ccccc4F)CC23)nc(-c2ccncc2F)cc1=O. The van der Waals surface area contributed by atoms with Crippen molar-refractivity contribution >= 4 is 11.9 Å². The van der Waals surface area contributed by atoms with E-state index in [4.69, 9.17) is 0 Å². The van der Waals surface area contributed by atoms with Crippen LogP contribution in [0.2, 0.25) is 0 Å². The zero-order valence-corrected chi connectivity index (χ0v) is 17.3. The number of benzene rings is 1. The fourth-order valence-corrected chi connectivity index (χ4v) is 4.55. The van der Waals surface area contributed by atoms with Crippen molar-refractivity contribution in [2.24, 2.45) is 24.8 Å². The summed E-state index contributed by atoms with van der Waals surface area (Å²) in [5, 5.41) is 3.21. The third-order valence-corrected chi connectivity index (χ3v) is 6.44. The number of hydrogen-bond donors (Lipinski definition) is 1. The van der Waals surface area contributed by atoms with E-state index >= 15 is 0 Å². The number of piperidine rings is 1. The van der Waals surface area contributed by atoms with Crippen LogP contribution in [0, 0.1) is 29.4 Å². The van der Waals surface area contributed by atoms with Gasteiger partial charge in [-0.2, -0.15) is 0 Å². The normalized spacial score (nSPS) is 21.3. The van der Waals surface area contributed by atoms with E-state index in [9.17, 15) is 18.4 Å². The molecule has 2 atom stereocenters. The van der Waals surface area contributed by atoms with Crippen molar-refractivity contribution in [3.63, 3.8) is 0 Å². The van der Waals surface area contributed by atoms with Crippen LogP contribution in [-0.2, 0) is 7.05 Å². The molecule has 3 aromatic rings. The monoisotopic (exact) mass is 437 g/mol. The first-order valence-corrected chi connectivity index (χ1v) is 10.4. The Morgan fingerprint density at radius 3 is 2.62 bits per heavy atom. The van der Waals surface area contributed by atoms with Crippen molar-refractivity contribution in [3.8, 4) is 11.3 Å². The molecule has 2 aliphatic rings. The van der Waals surface area contributed by atoms with Gasteiger partial charge in [0.1, 0.15) is 5.82 Å². The van der Waals surface area contributed by atoms with Gasteiger partial charge in [0, 0.05) is 44.5 Å². The van der Waals surface area contributed by atoms with Gasteiger partial charge in [0.25, 0.3) is 11.5 Å². The summed E-state index contributed by atoms with van der Waals surface area (Å²) in [6, 6.07) is 8.79. The Morgan fingerprint density at radius 1 is 1.16 bits per heavy atom. The highest BCUT2D eigenvalue weighted by atomic mass is 19.1. The highest BCUT2D eigenvalue weighted by Gasteiger charge is 2.56. The van der Waals surface area contributed by atoms with Gasteiger partial charge in [-0.15, -0.1) is 0 Å². The van der Waals surface area contributed by atoms with Crippen LogP contribution in [0.4, 0.5) is 14.7 Å². The number of halogens is 2. The number of anilines is 1. The van der Waals surface area contributed by atoms with Crippen LogP contribution in [0.15, 0.2) is 53.6 Å². The predicted molar refractivity (Wildman–Crippen MR) is 114 cm³/mol. The number of nitrogens with zero attached hydrogens (tertiary/aromatic N) is 4. The molecular weight excluding hydrogens is 416 g/mol. The van der Waals surface area contributed by atoms with Crippen LogP contribution in [-0.4, -0.2) is 45.0 Å². The molecule has 1 N–H and O–H groups in total. The number of carbonyl (C=O) groups is 1. The molecule has 2 unspecified atom stereocenters. The number of amides is 1. The van der Waals surface area contributed by atoms with Gasteiger partial charge >= 0.3 is 0 Å². The van der Waals surface area contributed by atoms with E-state index in [2.05, 4.69) is 15.3 Å². The number of aromatic nitrogens is 3. The number of nitrogens with one attached hydrogen (secondary N) is 1. The molecule has 9 heteroatoms. The van der Waals surface area contributed by atoms with E-state index in [0.717, 1.165) is 6.20 Å². The molecule has 0 spiro atoms. The molecule has 7 nitrogen and oxygen atoms in total. The average molecular weight is 437 g/mol. The molecule has 1 amide bonds. The van der Waals surface area contributed by atoms with Gasteiger partial charge in [-0.1, -0.05) is 12.1 Å². The van der Waals surface area contributed by atoms with Gasteiger partial charge < -0.3 is 10.2 Å². The summed E-state index contributed by atoms with van der Waals surface area (Å²) in [6.07, 6.45) is 2.53. The van der Waals surface area contributed by atoms with Crippen LogP contribution in [0.25, 0.3) is 11.3 Å². The average Bonchev–Trinajstić information content (AvgIpc) is 3.23. The first-order valence-electron chi connectivity index (χ1n) is 10.4. The van der Waals surface area contributed by atoms with Crippen LogP contribution >= 0.6 is 0 Å². The summed E-state index contributed by atoms with van der Waals surface area (Å²) in [5.41, 5.74) is 0.258. The summed E-state index contributed by atoms with van der Waals surface area (Å²) in [4.78, 5) is 34.8. The number of hydrogen-bond acceptors (Lipinski definition) is 5. The van der Waals surface area contributed by atoms with Crippen molar-refractivity contribution in [1.29, 1.82) is 0 Å². The van der Waals surface area contributed by atoms with Crippen LogP contribution in [0.5, 0.6) is 0 Å². The lowest BCUT2D eigenvalue weighted by Gasteiger charge is -2.20. The van der Waals surface area contributed by atoms with Crippen LogP contribution in [0.1, 0.15) is 10.4 Å². The molecule has 5 rings (SSSR count). The minimum Gasteiger partial charge on any atom is -0.355 e. The second kappa shape index (κ2) is 7.81. The van der Waals surface area contributed by atoms with E-state index in [1.54, 1.807) is 24.1 Å². The molecule has 2 aromatic heterocycles. The van der Waals surface area contributed by atoms with Gasteiger partial charge in [-0.25, -0.2) is 13.8 Å². The van der Waals surface area contributed by atoms with Gasteiger partial charge in [0.05, 0.1) is 17.5 Å². The molecule has 164 valence electrons. The maximum absolute atomic E-state index is 14.1. The van der Waals surface area contributed by atoms with Crippen molar-refractivity contribution in [3.05, 3.63) is 76.3 Å². The van der Waals surface area contributed by atoms with E-state index in [1.807, 2.05) is 0 Å². The fraction of sp³-hybridized carbons (Fsp3) is 0.304. The Balaban J connectivity index is 1.24. The minimum atomic E-state index is -0.546. The third kappa shape index (κ3) is 3.53. The summed E-state index contributed by atoms with van der Waals surface area (Å²) >= 11 is 0. The summed E-state index contributed by atoms with van der Waals surface area (Å²) in [5.74, 6) is 0.0144. The summed E-state index contributed by atoms with van der Waals surface area (Å²) in [7, 11) is 1.60. The largest absolute Gasteiger partial charge is 0.355 e. The zero-order chi connectivity index (χ0) is 22.4. The summed E-state index contributed by atoms with van der Waals surface area (Å²) < 4.78 is 29.4. The molecule has 2 fully saturated rings. The van der Waals surface area contributed by atoms with Crippen LogP contribution < -0.4 is 10.9 Å². The highest BCUT2D eigenvalue weighted by Crippen LogP contribution is 2.51. The van der Waals surface area contributed by atoms with Gasteiger partial charge in [0.15, 0.2) is 5.82 Å². The number of likely N-dealkylation sites (tertiary alicyclic amines) is 1. The Bertz CT molecular complexity index is 1250. The van der Waals surface area contributed by atoms with E-state index in [-0.39, 0.29) is 28.3 Å². The second-order valence-corrected chi connectivity index (χ2v) is 8.28. The van der Waals surface area contributed by atoms with Crippen molar-refractivity contribution in [2.45, 2.75) is 0 Å². The Kier molecular flexibility index (Phi) is 4.96. The van der Waals surface area contributed by atoms with Gasteiger partial charge in [0.2, 0.25) is 5.95 Å². The van der Waals surface area contributed by atoms with Crippen LogP contribution in [0.3, 0.4) is 0 Å². The Hall–Kier alpha value is -3.62. The Labute approximate surface area is 182 Å². The third-order valence-electron chi connectivity index (χ3n) is 6.44. The predicted octanol–water partition coefficient (Wildman–Crippen LogP) is 2.55. The molecule has 1 saturated heterocycles. The Morgan fingerprint density at radius 2 is 1.91 bits per heavy atom. The molecular formula is C23H21F2N5O2. The van der Waals surface area contributed by atoms with Crippen molar-refractivity contribution in [1.82, 2.24) is 19.4 Å². The quantitative estimate of drug-likeness (QED) is 0.664. The maximum Gasteiger partial charge on any atom is 0.256 e. The minimum absolute atomic E-state index is 0.0998. The molecule has 32 heavy (non-hydrogen) atoms. The lowest BCUT2D eigenvalue weighted by atomic mass is 10.1. The fourth-order valence-electron chi connectivity index (χ4n) is 4.55. The zero-order valence-electron chi connectivity index (χ0n) is 17.3. The maximum atomic E-state index is 14.1. The molecule has 1 aliphatic heterocycles. The molecule has 0 radical (unpaired) electrons. The van der Waals surface area contributed by atoms with E-state index in [0.29, 0.717) is 43.3 Å². The van der Waals surface area contributed by atoms with Crippen molar-refractivity contribution in [2.75, 3.05) is 25.0 Å². The number of rotatable bonds is 5. The summed E-state index contributed by atoms with van der Waals surface area (Å²) in [6.45, 7) is 1.75. The van der Waals surface area contributed by atoms with Gasteiger partial charge in [-0.05, 0) is 36.0 Å². The molecule has 0 bridgehead atoms. The second-order valence-electron chi connectivity index (χ2n) is 8.28. The first-order chi connectivity index (χ1) is 15.4. The lowest BCUT2D eigenvalue weighted by Crippen LogP contribution is -2.33. The number of fused-ring (bicyclic) bond motifs is 1. The molecule has 1 saturated carbocycles. The smallest absolute Gasteiger partial charge is 0.256 e. The van der Waals surface area contributed by atoms with Crippen molar-refractivity contribution < 1.29 is 13.6 Å². The molecule has 1 aliphatic carbocycles.